The molecule has 1 aromatic carbocycles. The van der Waals surface area contributed by atoms with Crippen LogP contribution in [0.25, 0.3) is 10.9 Å². The molecule has 0 aliphatic rings. The van der Waals surface area contributed by atoms with E-state index in [1.165, 1.54) is 6.33 Å². The Kier molecular flexibility index (Phi) is 4.18. The number of nitrogens with one attached hydrogen (secondary N) is 2. The van der Waals surface area contributed by atoms with E-state index in [2.05, 4.69) is 36.1 Å². The molecular weight excluding hydrogens is 268 g/mol. The lowest BCUT2D eigenvalue weighted by Crippen LogP contribution is -2.25. The van der Waals surface area contributed by atoms with Crippen molar-refractivity contribution in [3.63, 3.8) is 0 Å². The lowest BCUT2D eigenvalue weighted by molar-refractivity contribution is 0.132. The molecule has 21 heavy (non-hydrogen) atoms. The minimum Gasteiger partial charge on any atom is -0.397 e. The van der Waals surface area contributed by atoms with Gasteiger partial charge in [-0.25, -0.2) is 4.98 Å². The molecule has 6 nitrogen and oxygen atoms in total. The Morgan fingerprint density at radius 3 is 2.81 bits per heavy atom. The second-order valence-electron chi connectivity index (χ2n) is 6.49. The summed E-state index contributed by atoms with van der Waals surface area (Å²) in [5.74, 6) is 0. The Bertz CT molecular complexity index is 688. The second-order valence-corrected chi connectivity index (χ2v) is 6.49. The largest absolute Gasteiger partial charge is 0.397 e. The lowest BCUT2D eigenvalue weighted by atomic mass is 9.89. The molecule has 2 rings (SSSR count). The molecule has 1 aromatic heterocycles. The van der Waals surface area contributed by atoms with Crippen molar-refractivity contribution in [2.24, 2.45) is 5.41 Å². The van der Waals surface area contributed by atoms with E-state index in [1.54, 1.807) is 12.1 Å². The first-order valence-corrected chi connectivity index (χ1v) is 6.95. The van der Waals surface area contributed by atoms with Gasteiger partial charge in [-0.3, -0.25) is 4.79 Å². The van der Waals surface area contributed by atoms with E-state index in [0.29, 0.717) is 35.2 Å². The molecule has 0 aliphatic carbocycles. The van der Waals surface area contributed by atoms with Crippen LogP contribution in [0.3, 0.4) is 0 Å². The Labute approximate surface area is 123 Å². The zero-order chi connectivity index (χ0) is 15.6. The molecule has 0 saturated carbocycles. The number of fused-ring (bicyclic) bond motifs is 1. The number of aliphatic hydroxyl groups excluding tert-OH is 1. The first-order valence-electron chi connectivity index (χ1n) is 6.95. The SMILES string of the molecule is CC(C)(C)CC(O)CNc1cc2nc[nH]c(=O)c2cc1N. The molecule has 2 aromatic rings. The third-order valence-corrected chi connectivity index (χ3v) is 3.19. The van der Waals surface area contributed by atoms with E-state index in [-0.39, 0.29) is 11.0 Å². The average Bonchev–Trinajstić information content (AvgIpc) is 2.35. The average molecular weight is 290 g/mol. The summed E-state index contributed by atoms with van der Waals surface area (Å²) in [5, 5.41) is 13.6. The fourth-order valence-corrected chi connectivity index (χ4v) is 2.29. The topological polar surface area (TPSA) is 104 Å². The van der Waals surface area contributed by atoms with Crippen LogP contribution in [0.1, 0.15) is 27.2 Å². The fourth-order valence-electron chi connectivity index (χ4n) is 2.29. The number of hydrogen-bond donors (Lipinski definition) is 4. The number of nitrogens with zero attached hydrogens (tertiary/aromatic N) is 1. The summed E-state index contributed by atoms with van der Waals surface area (Å²) in [6.07, 6.45) is 1.58. The number of nitrogens with two attached hydrogens (primary N) is 1. The van der Waals surface area contributed by atoms with Crippen LogP contribution in [0.2, 0.25) is 0 Å². The standard InChI is InChI=1S/C15H22N4O2/c1-15(2,3)6-9(20)7-17-13-5-12-10(4-11(13)16)14(21)19-8-18-12/h4-5,8-9,17,20H,6-7,16H2,1-3H3,(H,18,19,21). The van der Waals surface area contributed by atoms with Crippen molar-refractivity contribution in [2.45, 2.75) is 33.3 Å². The summed E-state index contributed by atoms with van der Waals surface area (Å²) in [6.45, 7) is 6.64. The van der Waals surface area contributed by atoms with Gasteiger partial charge >= 0.3 is 0 Å². The Morgan fingerprint density at radius 1 is 1.43 bits per heavy atom. The maximum absolute atomic E-state index is 11.7. The molecule has 1 unspecified atom stereocenters. The van der Waals surface area contributed by atoms with E-state index in [1.807, 2.05) is 0 Å². The van der Waals surface area contributed by atoms with E-state index < -0.39 is 6.10 Å². The van der Waals surface area contributed by atoms with E-state index in [4.69, 9.17) is 5.73 Å². The molecule has 0 bridgehead atoms. The molecule has 0 spiro atoms. The number of aliphatic hydroxyl groups is 1. The van der Waals surface area contributed by atoms with Gasteiger partial charge in [0, 0.05) is 6.54 Å². The highest BCUT2D eigenvalue weighted by atomic mass is 16.3. The molecule has 0 saturated heterocycles. The van der Waals surface area contributed by atoms with Crippen molar-refractivity contribution in [3.8, 4) is 0 Å². The number of H-pyrrole nitrogens is 1. The highest BCUT2D eigenvalue weighted by Gasteiger charge is 2.16. The van der Waals surface area contributed by atoms with Gasteiger partial charge in [-0.1, -0.05) is 20.8 Å². The summed E-state index contributed by atoms with van der Waals surface area (Å²) < 4.78 is 0. The van der Waals surface area contributed by atoms with Crippen LogP contribution in [-0.4, -0.2) is 27.7 Å². The molecular formula is C15H22N4O2. The summed E-state index contributed by atoms with van der Waals surface area (Å²) in [6, 6.07) is 3.32. The maximum atomic E-state index is 11.7. The van der Waals surface area contributed by atoms with Crippen LogP contribution >= 0.6 is 0 Å². The van der Waals surface area contributed by atoms with Crippen LogP contribution in [0.4, 0.5) is 11.4 Å². The van der Waals surface area contributed by atoms with Crippen LogP contribution < -0.4 is 16.6 Å². The number of nitrogen functional groups attached to an aromatic ring is 1. The molecule has 0 aliphatic heterocycles. The summed E-state index contributed by atoms with van der Waals surface area (Å²) in [5.41, 5.74) is 7.49. The molecule has 1 atom stereocenters. The Hall–Kier alpha value is -2.08. The first-order chi connectivity index (χ1) is 9.76. The van der Waals surface area contributed by atoms with Gasteiger partial charge in [-0.15, -0.1) is 0 Å². The predicted octanol–water partition coefficient (Wildman–Crippen LogP) is 1.71. The monoisotopic (exact) mass is 290 g/mol. The van der Waals surface area contributed by atoms with Gasteiger partial charge < -0.3 is 21.1 Å². The van der Waals surface area contributed by atoms with Crippen molar-refractivity contribution in [1.82, 2.24) is 9.97 Å². The third kappa shape index (κ3) is 3.95. The van der Waals surface area contributed by atoms with Gasteiger partial charge in [0.05, 0.1) is 34.7 Å². The van der Waals surface area contributed by atoms with Crippen molar-refractivity contribution >= 4 is 22.3 Å². The van der Waals surface area contributed by atoms with Gasteiger partial charge in [-0.05, 0) is 24.0 Å². The smallest absolute Gasteiger partial charge is 0.258 e. The summed E-state index contributed by atoms with van der Waals surface area (Å²) >= 11 is 0. The number of benzene rings is 1. The summed E-state index contributed by atoms with van der Waals surface area (Å²) in [4.78, 5) is 18.3. The molecule has 114 valence electrons. The quantitative estimate of drug-likeness (QED) is 0.642. The van der Waals surface area contributed by atoms with Gasteiger partial charge in [0.1, 0.15) is 0 Å². The third-order valence-electron chi connectivity index (χ3n) is 3.19. The molecule has 6 heteroatoms. The van der Waals surface area contributed by atoms with Crippen molar-refractivity contribution in [3.05, 3.63) is 28.8 Å². The summed E-state index contributed by atoms with van der Waals surface area (Å²) in [7, 11) is 0. The zero-order valence-electron chi connectivity index (χ0n) is 12.6. The molecule has 0 amide bonds. The van der Waals surface area contributed by atoms with Crippen molar-refractivity contribution in [1.29, 1.82) is 0 Å². The Balaban J connectivity index is 2.16. The minimum absolute atomic E-state index is 0.0604. The molecule has 0 radical (unpaired) electrons. The van der Waals surface area contributed by atoms with Gasteiger partial charge in [-0.2, -0.15) is 0 Å². The molecule has 0 fully saturated rings. The zero-order valence-corrected chi connectivity index (χ0v) is 12.6. The Morgan fingerprint density at radius 2 is 2.14 bits per heavy atom. The highest BCUT2D eigenvalue weighted by Crippen LogP contribution is 2.24. The van der Waals surface area contributed by atoms with Crippen LogP contribution in [0, 0.1) is 5.41 Å². The molecule has 5 N–H and O–H groups in total. The predicted molar refractivity (Wildman–Crippen MR) is 85.3 cm³/mol. The van der Waals surface area contributed by atoms with Crippen molar-refractivity contribution < 1.29 is 5.11 Å². The second kappa shape index (κ2) is 5.73. The highest BCUT2D eigenvalue weighted by molar-refractivity contribution is 5.88. The fraction of sp³-hybridized carbons (Fsp3) is 0.467. The van der Waals surface area contributed by atoms with Crippen LogP contribution in [0.15, 0.2) is 23.3 Å². The lowest BCUT2D eigenvalue weighted by Gasteiger charge is -2.23. The van der Waals surface area contributed by atoms with E-state index >= 15 is 0 Å². The van der Waals surface area contributed by atoms with E-state index in [0.717, 1.165) is 0 Å². The maximum Gasteiger partial charge on any atom is 0.258 e. The number of aromatic amines is 1. The first kappa shape index (κ1) is 15.3. The van der Waals surface area contributed by atoms with Crippen LogP contribution in [-0.2, 0) is 0 Å². The minimum atomic E-state index is -0.466. The number of rotatable bonds is 4. The van der Waals surface area contributed by atoms with Gasteiger partial charge in [0.15, 0.2) is 0 Å². The van der Waals surface area contributed by atoms with E-state index in [9.17, 15) is 9.90 Å². The molecule has 1 heterocycles. The van der Waals surface area contributed by atoms with Gasteiger partial charge in [0.25, 0.3) is 5.56 Å². The number of hydrogen-bond acceptors (Lipinski definition) is 5. The van der Waals surface area contributed by atoms with Gasteiger partial charge in [0.2, 0.25) is 0 Å². The number of aromatic nitrogens is 2. The van der Waals surface area contributed by atoms with Crippen molar-refractivity contribution in [2.75, 3.05) is 17.6 Å². The van der Waals surface area contributed by atoms with Crippen LogP contribution in [0.5, 0.6) is 0 Å². The number of anilines is 2. The normalized spacial score (nSPS) is 13.3.